The SMILES string of the molecule is COc1cc(-c2ccnc(Cl)n2)cc(C#N)c1OC1CCOCC1. The van der Waals surface area contributed by atoms with E-state index >= 15 is 0 Å². The highest BCUT2D eigenvalue weighted by Crippen LogP contribution is 2.37. The fraction of sp³-hybridized carbons (Fsp3) is 0.353. The Bertz CT molecular complexity index is 770. The maximum absolute atomic E-state index is 9.52. The lowest BCUT2D eigenvalue weighted by Crippen LogP contribution is -2.26. The van der Waals surface area contributed by atoms with Crippen LogP contribution in [-0.2, 0) is 4.74 Å². The highest BCUT2D eigenvalue weighted by atomic mass is 35.5. The fourth-order valence-corrected chi connectivity index (χ4v) is 2.71. The summed E-state index contributed by atoms with van der Waals surface area (Å²) in [7, 11) is 1.55. The zero-order valence-electron chi connectivity index (χ0n) is 13.2. The Balaban J connectivity index is 1.99. The molecule has 1 saturated heterocycles. The molecular weight excluding hydrogens is 330 g/mol. The number of ether oxygens (including phenoxy) is 3. The molecule has 124 valence electrons. The highest BCUT2D eigenvalue weighted by molar-refractivity contribution is 6.28. The van der Waals surface area contributed by atoms with Gasteiger partial charge in [-0.05, 0) is 29.8 Å². The van der Waals surface area contributed by atoms with Gasteiger partial charge in [0.2, 0.25) is 5.28 Å². The first-order chi connectivity index (χ1) is 11.7. The Hall–Kier alpha value is -2.36. The molecule has 0 aliphatic carbocycles. The standard InChI is InChI=1S/C17H16ClN3O3/c1-22-15-9-11(14-2-5-20-17(18)21-14)8-12(10-19)16(15)24-13-3-6-23-7-4-13/h2,5,8-9,13H,3-4,6-7H2,1H3. The summed E-state index contributed by atoms with van der Waals surface area (Å²) in [6, 6.07) is 7.40. The minimum atomic E-state index is 0.0131. The molecule has 0 amide bonds. The van der Waals surface area contributed by atoms with Crippen molar-refractivity contribution in [2.45, 2.75) is 18.9 Å². The largest absolute Gasteiger partial charge is 0.493 e. The monoisotopic (exact) mass is 345 g/mol. The van der Waals surface area contributed by atoms with Crippen LogP contribution in [0.15, 0.2) is 24.4 Å². The van der Waals surface area contributed by atoms with E-state index in [2.05, 4.69) is 16.0 Å². The normalized spacial score (nSPS) is 14.9. The van der Waals surface area contributed by atoms with Gasteiger partial charge in [-0.3, -0.25) is 0 Å². The maximum atomic E-state index is 9.52. The van der Waals surface area contributed by atoms with Crippen LogP contribution in [0.25, 0.3) is 11.3 Å². The summed E-state index contributed by atoms with van der Waals surface area (Å²) in [6.45, 7) is 1.32. The van der Waals surface area contributed by atoms with Crippen molar-refractivity contribution in [2.24, 2.45) is 0 Å². The average Bonchev–Trinajstić information content (AvgIpc) is 2.62. The molecule has 24 heavy (non-hydrogen) atoms. The molecular formula is C17H16ClN3O3. The number of halogens is 1. The molecule has 1 fully saturated rings. The number of nitrogens with zero attached hydrogens (tertiary/aromatic N) is 3. The summed E-state index contributed by atoms with van der Waals surface area (Å²) in [6.07, 6.45) is 3.16. The second-order valence-corrected chi connectivity index (χ2v) is 5.65. The van der Waals surface area contributed by atoms with Crippen LogP contribution in [0, 0.1) is 11.3 Å². The molecule has 0 spiro atoms. The van der Waals surface area contributed by atoms with Gasteiger partial charge in [0.15, 0.2) is 11.5 Å². The zero-order chi connectivity index (χ0) is 16.9. The summed E-state index contributed by atoms with van der Waals surface area (Å²) in [4.78, 5) is 8.04. The van der Waals surface area contributed by atoms with E-state index in [4.69, 9.17) is 25.8 Å². The predicted molar refractivity (Wildman–Crippen MR) is 88.2 cm³/mol. The minimum Gasteiger partial charge on any atom is -0.493 e. The van der Waals surface area contributed by atoms with Crippen LogP contribution in [-0.4, -0.2) is 36.4 Å². The maximum Gasteiger partial charge on any atom is 0.222 e. The number of hydrogen-bond donors (Lipinski definition) is 0. The van der Waals surface area contributed by atoms with Crippen molar-refractivity contribution in [1.82, 2.24) is 9.97 Å². The van der Waals surface area contributed by atoms with Gasteiger partial charge < -0.3 is 14.2 Å². The zero-order valence-corrected chi connectivity index (χ0v) is 13.9. The van der Waals surface area contributed by atoms with Crippen LogP contribution in [0.5, 0.6) is 11.5 Å². The molecule has 3 rings (SSSR count). The number of benzene rings is 1. The Morgan fingerprint density at radius 3 is 2.79 bits per heavy atom. The summed E-state index contributed by atoms with van der Waals surface area (Å²) < 4.78 is 16.8. The number of hydrogen-bond acceptors (Lipinski definition) is 6. The van der Waals surface area contributed by atoms with Crippen molar-refractivity contribution in [1.29, 1.82) is 5.26 Å². The molecule has 0 bridgehead atoms. The van der Waals surface area contributed by atoms with Gasteiger partial charge in [-0.2, -0.15) is 5.26 Å². The minimum absolute atomic E-state index is 0.0131. The van der Waals surface area contributed by atoms with Gasteiger partial charge in [0.1, 0.15) is 12.2 Å². The Morgan fingerprint density at radius 1 is 1.33 bits per heavy atom. The quantitative estimate of drug-likeness (QED) is 0.792. The van der Waals surface area contributed by atoms with Crippen LogP contribution >= 0.6 is 11.6 Å². The molecule has 0 atom stereocenters. The van der Waals surface area contributed by atoms with E-state index in [9.17, 15) is 5.26 Å². The van der Waals surface area contributed by atoms with Gasteiger partial charge in [0.25, 0.3) is 0 Å². The number of nitriles is 1. The van der Waals surface area contributed by atoms with Crippen molar-refractivity contribution >= 4 is 11.6 Å². The first-order valence-electron chi connectivity index (χ1n) is 7.56. The molecule has 6 nitrogen and oxygen atoms in total. The number of aromatic nitrogens is 2. The summed E-state index contributed by atoms with van der Waals surface area (Å²) in [5, 5.41) is 9.67. The van der Waals surface area contributed by atoms with Gasteiger partial charge in [-0.15, -0.1) is 0 Å². The highest BCUT2D eigenvalue weighted by Gasteiger charge is 2.21. The molecule has 1 aromatic carbocycles. The fourth-order valence-electron chi connectivity index (χ4n) is 2.56. The van der Waals surface area contributed by atoms with E-state index in [-0.39, 0.29) is 11.4 Å². The van der Waals surface area contributed by atoms with Gasteiger partial charge >= 0.3 is 0 Å². The molecule has 2 heterocycles. The third-order valence-corrected chi connectivity index (χ3v) is 3.95. The van der Waals surface area contributed by atoms with Crippen LogP contribution in [0.4, 0.5) is 0 Å². The van der Waals surface area contributed by atoms with Crippen molar-refractivity contribution in [3.63, 3.8) is 0 Å². The molecule has 1 aromatic heterocycles. The van der Waals surface area contributed by atoms with Crippen molar-refractivity contribution in [2.75, 3.05) is 20.3 Å². The molecule has 0 N–H and O–H groups in total. The summed E-state index contributed by atoms with van der Waals surface area (Å²) >= 11 is 5.85. The molecule has 0 radical (unpaired) electrons. The van der Waals surface area contributed by atoms with E-state index in [0.29, 0.717) is 41.5 Å². The Labute approximate surface area is 145 Å². The lowest BCUT2D eigenvalue weighted by Gasteiger charge is -2.25. The first-order valence-corrected chi connectivity index (χ1v) is 7.94. The van der Waals surface area contributed by atoms with Gasteiger partial charge in [-0.1, -0.05) is 0 Å². The van der Waals surface area contributed by atoms with Crippen molar-refractivity contribution < 1.29 is 14.2 Å². The third kappa shape index (κ3) is 3.58. The van der Waals surface area contributed by atoms with Crippen LogP contribution in [0.2, 0.25) is 5.28 Å². The Morgan fingerprint density at radius 2 is 2.12 bits per heavy atom. The van der Waals surface area contributed by atoms with E-state index in [1.54, 1.807) is 31.5 Å². The van der Waals surface area contributed by atoms with Crippen LogP contribution in [0.1, 0.15) is 18.4 Å². The lowest BCUT2D eigenvalue weighted by molar-refractivity contribution is 0.0244. The third-order valence-electron chi connectivity index (χ3n) is 3.77. The average molecular weight is 346 g/mol. The van der Waals surface area contributed by atoms with E-state index in [1.165, 1.54) is 0 Å². The van der Waals surface area contributed by atoms with E-state index in [1.807, 2.05) is 0 Å². The molecule has 7 heteroatoms. The van der Waals surface area contributed by atoms with Crippen LogP contribution in [0.3, 0.4) is 0 Å². The molecule has 0 unspecified atom stereocenters. The van der Waals surface area contributed by atoms with E-state index < -0.39 is 0 Å². The smallest absolute Gasteiger partial charge is 0.222 e. The summed E-state index contributed by atoms with van der Waals surface area (Å²) in [5.41, 5.74) is 1.72. The van der Waals surface area contributed by atoms with E-state index in [0.717, 1.165) is 12.8 Å². The Kier molecular flexibility index (Phi) is 5.14. The van der Waals surface area contributed by atoms with Crippen LogP contribution < -0.4 is 9.47 Å². The van der Waals surface area contributed by atoms with Gasteiger partial charge in [0.05, 0.1) is 31.6 Å². The number of rotatable bonds is 4. The summed E-state index contributed by atoms with van der Waals surface area (Å²) in [5.74, 6) is 0.945. The predicted octanol–water partition coefficient (Wildman–Crippen LogP) is 3.24. The van der Waals surface area contributed by atoms with Crippen molar-refractivity contribution in [3.05, 3.63) is 35.2 Å². The second-order valence-electron chi connectivity index (χ2n) is 5.31. The topological polar surface area (TPSA) is 77.3 Å². The molecule has 0 saturated carbocycles. The van der Waals surface area contributed by atoms with Gasteiger partial charge in [0, 0.05) is 24.6 Å². The molecule has 1 aliphatic heterocycles. The van der Waals surface area contributed by atoms with Crippen molar-refractivity contribution in [3.8, 4) is 28.8 Å². The van der Waals surface area contributed by atoms with Gasteiger partial charge in [-0.25, -0.2) is 9.97 Å². The number of methoxy groups -OCH3 is 1. The molecule has 1 aliphatic rings. The lowest BCUT2D eigenvalue weighted by atomic mass is 10.1. The second kappa shape index (κ2) is 7.47. The first kappa shape index (κ1) is 16.5. The molecule has 2 aromatic rings.